The normalized spacial score (nSPS) is 10.6. The fourth-order valence-electron chi connectivity index (χ4n) is 1.85. The number of hydrogen-bond donors (Lipinski definition) is 2. The van der Waals surface area contributed by atoms with E-state index in [0.29, 0.717) is 0 Å². The van der Waals surface area contributed by atoms with E-state index in [1.54, 1.807) is 6.07 Å². The van der Waals surface area contributed by atoms with Crippen molar-refractivity contribution < 1.29 is 5.11 Å². The van der Waals surface area contributed by atoms with Crippen LogP contribution in [-0.4, -0.2) is 26.4 Å². The molecule has 0 radical (unpaired) electrons. The molecular formula is C13H18N4O. The van der Waals surface area contributed by atoms with Gasteiger partial charge in [0.15, 0.2) is 5.82 Å². The molecule has 2 N–H and O–H groups in total. The Morgan fingerprint density at radius 3 is 2.67 bits per heavy atom. The zero-order valence-corrected chi connectivity index (χ0v) is 10.9. The highest BCUT2D eigenvalue weighted by Crippen LogP contribution is 2.26. The minimum absolute atomic E-state index is 0.281. The van der Waals surface area contributed by atoms with Gasteiger partial charge < -0.3 is 10.4 Å². The molecule has 2 rings (SSSR count). The molecule has 18 heavy (non-hydrogen) atoms. The molecular weight excluding hydrogens is 228 g/mol. The van der Waals surface area contributed by atoms with Gasteiger partial charge in [-0.3, -0.25) is 4.57 Å². The van der Waals surface area contributed by atoms with Gasteiger partial charge in [-0.15, -0.1) is 10.2 Å². The van der Waals surface area contributed by atoms with Crippen molar-refractivity contribution in [3.63, 3.8) is 0 Å². The standard InChI is InChI=1S/C13H18N4O/c1-4-14-13-16-15-12(17(13)5-2)10-7-6-9(3)11(18)8-10/h6-8,18H,4-5H2,1-3H3,(H,14,16). The molecule has 0 aliphatic heterocycles. The second kappa shape index (κ2) is 5.08. The Labute approximate surface area is 106 Å². The summed E-state index contributed by atoms with van der Waals surface area (Å²) in [6, 6.07) is 5.55. The van der Waals surface area contributed by atoms with Gasteiger partial charge in [0, 0.05) is 18.7 Å². The van der Waals surface area contributed by atoms with Crippen LogP contribution in [0.15, 0.2) is 18.2 Å². The summed E-state index contributed by atoms with van der Waals surface area (Å²) in [6.45, 7) is 7.51. The van der Waals surface area contributed by atoms with Gasteiger partial charge in [0.1, 0.15) is 5.75 Å². The average Bonchev–Trinajstić information content (AvgIpc) is 2.76. The maximum Gasteiger partial charge on any atom is 0.224 e. The molecule has 2 aromatic rings. The Morgan fingerprint density at radius 1 is 1.28 bits per heavy atom. The quantitative estimate of drug-likeness (QED) is 0.869. The highest BCUT2D eigenvalue weighted by atomic mass is 16.3. The monoisotopic (exact) mass is 246 g/mol. The van der Waals surface area contributed by atoms with Gasteiger partial charge in [-0.25, -0.2) is 0 Å². The van der Waals surface area contributed by atoms with E-state index in [-0.39, 0.29) is 5.75 Å². The summed E-state index contributed by atoms with van der Waals surface area (Å²) < 4.78 is 1.99. The fourth-order valence-corrected chi connectivity index (χ4v) is 1.85. The van der Waals surface area contributed by atoms with Crippen molar-refractivity contribution in [2.75, 3.05) is 11.9 Å². The molecule has 0 saturated heterocycles. The third kappa shape index (κ3) is 2.16. The van der Waals surface area contributed by atoms with Crippen LogP contribution in [0.25, 0.3) is 11.4 Å². The lowest BCUT2D eigenvalue weighted by atomic mass is 10.1. The van der Waals surface area contributed by atoms with E-state index >= 15 is 0 Å². The molecule has 5 heteroatoms. The molecule has 0 saturated carbocycles. The van der Waals surface area contributed by atoms with Crippen LogP contribution >= 0.6 is 0 Å². The SMILES string of the molecule is CCNc1nnc(-c2ccc(C)c(O)c2)n1CC. The summed E-state index contributed by atoms with van der Waals surface area (Å²) in [5.74, 6) is 1.81. The van der Waals surface area contributed by atoms with Crippen LogP contribution in [0.1, 0.15) is 19.4 Å². The summed E-state index contributed by atoms with van der Waals surface area (Å²) in [4.78, 5) is 0. The number of hydrogen-bond acceptors (Lipinski definition) is 4. The Bertz CT molecular complexity index is 548. The van der Waals surface area contributed by atoms with Crippen molar-refractivity contribution in [2.45, 2.75) is 27.3 Å². The fraction of sp³-hybridized carbons (Fsp3) is 0.385. The van der Waals surface area contributed by atoms with Crippen molar-refractivity contribution in [3.8, 4) is 17.1 Å². The van der Waals surface area contributed by atoms with Crippen molar-refractivity contribution in [1.29, 1.82) is 0 Å². The number of nitrogens with one attached hydrogen (secondary N) is 1. The molecule has 0 aliphatic rings. The number of aromatic nitrogens is 3. The predicted octanol–water partition coefficient (Wildman–Crippen LogP) is 2.41. The Hall–Kier alpha value is -2.04. The minimum atomic E-state index is 0.281. The molecule has 1 aromatic heterocycles. The Morgan fingerprint density at radius 2 is 2.06 bits per heavy atom. The maximum absolute atomic E-state index is 9.76. The predicted molar refractivity (Wildman–Crippen MR) is 71.7 cm³/mol. The topological polar surface area (TPSA) is 63.0 Å². The molecule has 0 spiro atoms. The number of phenolic OH excluding ortho intramolecular Hbond substituents is 1. The number of aryl methyl sites for hydroxylation is 1. The van der Waals surface area contributed by atoms with Gasteiger partial charge in [-0.1, -0.05) is 12.1 Å². The zero-order chi connectivity index (χ0) is 13.1. The smallest absolute Gasteiger partial charge is 0.224 e. The van der Waals surface area contributed by atoms with E-state index in [9.17, 15) is 5.11 Å². The first-order valence-corrected chi connectivity index (χ1v) is 6.14. The van der Waals surface area contributed by atoms with Gasteiger partial charge >= 0.3 is 0 Å². The van der Waals surface area contributed by atoms with E-state index in [2.05, 4.69) is 15.5 Å². The molecule has 0 fully saturated rings. The van der Waals surface area contributed by atoms with Gasteiger partial charge in [-0.2, -0.15) is 0 Å². The number of phenols is 1. The third-order valence-corrected chi connectivity index (χ3v) is 2.87. The number of anilines is 1. The number of rotatable bonds is 4. The lowest BCUT2D eigenvalue weighted by Gasteiger charge is -2.08. The summed E-state index contributed by atoms with van der Waals surface area (Å²) in [5, 5.41) is 21.2. The van der Waals surface area contributed by atoms with Crippen molar-refractivity contribution in [3.05, 3.63) is 23.8 Å². The summed E-state index contributed by atoms with van der Waals surface area (Å²) in [7, 11) is 0. The lowest BCUT2D eigenvalue weighted by Crippen LogP contribution is -2.06. The van der Waals surface area contributed by atoms with E-state index < -0.39 is 0 Å². The van der Waals surface area contributed by atoms with Crippen molar-refractivity contribution in [1.82, 2.24) is 14.8 Å². The summed E-state index contributed by atoms with van der Waals surface area (Å²) in [6.07, 6.45) is 0. The van der Waals surface area contributed by atoms with Crippen LogP contribution < -0.4 is 5.32 Å². The molecule has 0 amide bonds. The molecule has 0 aliphatic carbocycles. The summed E-state index contributed by atoms with van der Waals surface area (Å²) in [5.41, 5.74) is 1.73. The molecule has 1 heterocycles. The first kappa shape index (κ1) is 12.4. The minimum Gasteiger partial charge on any atom is -0.508 e. The maximum atomic E-state index is 9.76. The molecule has 0 bridgehead atoms. The van der Waals surface area contributed by atoms with Crippen molar-refractivity contribution in [2.24, 2.45) is 0 Å². The van der Waals surface area contributed by atoms with Crippen LogP contribution in [0.3, 0.4) is 0 Å². The first-order valence-electron chi connectivity index (χ1n) is 6.14. The van der Waals surface area contributed by atoms with Crippen LogP contribution in [0.5, 0.6) is 5.75 Å². The average molecular weight is 246 g/mol. The number of nitrogens with zero attached hydrogens (tertiary/aromatic N) is 3. The molecule has 5 nitrogen and oxygen atoms in total. The van der Waals surface area contributed by atoms with Crippen LogP contribution in [0.2, 0.25) is 0 Å². The first-order chi connectivity index (χ1) is 8.67. The van der Waals surface area contributed by atoms with Crippen LogP contribution in [0, 0.1) is 6.92 Å². The molecule has 96 valence electrons. The number of benzene rings is 1. The largest absolute Gasteiger partial charge is 0.508 e. The van der Waals surface area contributed by atoms with Gasteiger partial charge in [0.2, 0.25) is 5.95 Å². The van der Waals surface area contributed by atoms with E-state index in [1.165, 1.54) is 0 Å². The lowest BCUT2D eigenvalue weighted by molar-refractivity contribution is 0.471. The van der Waals surface area contributed by atoms with E-state index in [1.807, 2.05) is 37.5 Å². The van der Waals surface area contributed by atoms with E-state index in [0.717, 1.165) is 36.0 Å². The van der Waals surface area contributed by atoms with Crippen molar-refractivity contribution >= 4 is 5.95 Å². The molecule has 0 unspecified atom stereocenters. The van der Waals surface area contributed by atoms with Crippen LogP contribution in [-0.2, 0) is 6.54 Å². The zero-order valence-electron chi connectivity index (χ0n) is 10.9. The second-order valence-electron chi connectivity index (χ2n) is 4.12. The second-order valence-corrected chi connectivity index (χ2v) is 4.12. The van der Waals surface area contributed by atoms with Gasteiger partial charge in [0.05, 0.1) is 0 Å². The third-order valence-electron chi connectivity index (χ3n) is 2.87. The molecule has 0 atom stereocenters. The highest BCUT2D eigenvalue weighted by molar-refractivity contribution is 5.60. The highest BCUT2D eigenvalue weighted by Gasteiger charge is 2.12. The summed E-state index contributed by atoms with van der Waals surface area (Å²) >= 11 is 0. The van der Waals surface area contributed by atoms with Gasteiger partial charge in [0.25, 0.3) is 0 Å². The van der Waals surface area contributed by atoms with E-state index in [4.69, 9.17) is 0 Å². The Kier molecular flexibility index (Phi) is 3.50. The van der Waals surface area contributed by atoms with Crippen LogP contribution in [0.4, 0.5) is 5.95 Å². The Balaban J connectivity index is 2.46. The van der Waals surface area contributed by atoms with Gasteiger partial charge in [-0.05, 0) is 32.4 Å². The molecule has 1 aromatic carbocycles. The number of aromatic hydroxyl groups is 1.